The highest BCUT2D eigenvalue weighted by Gasteiger charge is 2.11. The summed E-state index contributed by atoms with van der Waals surface area (Å²) in [7, 11) is 1.64. The zero-order valence-electron chi connectivity index (χ0n) is 13.9. The van der Waals surface area contributed by atoms with Crippen molar-refractivity contribution in [1.82, 2.24) is 14.6 Å². The number of hydrogen-bond donors (Lipinski definition) is 0. The number of hydrogen-bond acceptors (Lipinski definition) is 5. The van der Waals surface area contributed by atoms with Gasteiger partial charge in [0.05, 0.1) is 31.5 Å². The largest absolute Gasteiger partial charge is 0.497 e. The molecule has 3 rings (SSSR count). The monoisotopic (exact) mass is 325 g/mol. The van der Waals surface area contributed by atoms with Gasteiger partial charge in [-0.15, -0.1) is 0 Å². The molecule has 0 atom stereocenters. The van der Waals surface area contributed by atoms with E-state index >= 15 is 0 Å². The van der Waals surface area contributed by atoms with Crippen molar-refractivity contribution in [2.24, 2.45) is 0 Å². The summed E-state index contributed by atoms with van der Waals surface area (Å²) in [6, 6.07) is 11.5. The Balaban J connectivity index is 1.94. The maximum absolute atomic E-state index is 11.7. The Bertz CT molecular complexity index is 869. The van der Waals surface area contributed by atoms with Crippen molar-refractivity contribution in [2.45, 2.75) is 20.3 Å². The molecule has 0 amide bonds. The molecule has 0 fully saturated rings. The van der Waals surface area contributed by atoms with Crippen LogP contribution in [-0.4, -0.2) is 34.3 Å². The lowest BCUT2D eigenvalue weighted by Crippen LogP contribution is -2.10. The van der Waals surface area contributed by atoms with E-state index in [2.05, 4.69) is 10.1 Å². The summed E-state index contributed by atoms with van der Waals surface area (Å²) in [6.07, 6.45) is 0.161. The molecule has 0 saturated carbocycles. The second kappa shape index (κ2) is 6.70. The van der Waals surface area contributed by atoms with Crippen LogP contribution >= 0.6 is 0 Å². The first kappa shape index (κ1) is 16.0. The zero-order valence-corrected chi connectivity index (χ0v) is 13.9. The minimum Gasteiger partial charge on any atom is -0.497 e. The first-order chi connectivity index (χ1) is 11.6. The Morgan fingerprint density at radius 1 is 1.21 bits per heavy atom. The van der Waals surface area contributed by atoms with Gasteiger partial charge in [-0.05, 0) is 44.2 Å². The van der Waals surface area contributed by atoms with Gasteiger partial charge in [0.1, 0.15) is 5.75 Å². The Hall–Kier alpha value is -2.89. The van der Waals surface area contributed by atoms with Crippen molar-refractivity contribution in [1.29, 1.82) is 0 Å². The summed E-state index contributed by atoms with van der Waals surface area (Å²) in [5.74, 6) is 0.525. The van der Waals surface area contributed by atoms with Crippen molar-refractivity contribution < 1.29 is 14.3 Å². The van der Waals surface area contributed by atoms with Crippen LogP contribution in [0.1, 0.15) is 18.3 Å². The van der Waals surface area contributed by atoms with E-state index in [1.165, 1.54) is 0 Å². The number of nitrogens with zero attached hydrogens (tertiary/aromatic N) is 3. The molecule has 6 heteroatoms. The number of esters is 1. The molecule has 2 aromatic heterocycles. The van der Waals surface area contributed by atoms with Gasteiger partial charge in [-0.2, -0.15) is 5.10 Å². The van der Waals surface area contributed by atoms with E-state index in [0.717, 1.165) is 22.7 Å². The number of aromatic nitrogens is 3. The molecule has 0 aliphatic heterocycles. The van der Waals surface area contributed by atoms with Crippen LogP contribution in [0.4, 0.5) is 0 Å². The number of fused-ring (bicyclic) bond motifs is 1. The average Bonchev–Trinajstić information content (AvgIpc) is 3.00. The van der Waals surface area contributed by atoms with Crippen LogP contribution in [0, 0.1) is 6.92 Å². The number of ether oxygens (including phenoxy) is 2. The fourth-order valence-corrected chi connectivity index (χ4v) is 2.55. The van der Waals surface area contributed by atoms with Gasteiger partial charge in [-0.25, -0.2) is 9.50 Å². The molecule has 6 nitrogen and oxygen atoms in total. The molecule has 2 heterocycles. The van der Waals surface area contributed by atoms with E-state index in [1.54, 1.807) is 18.5 Å². The molecule has 3 aromatic rings. The zero-order chi connectivity index (χ0) is 17.1. The maximum Gasteiger partial charge on any atom is 0.311 e. The Morgan fingerprint density at radius 3 is 2.62 bits per heavy atom. The average molecular weight is 325 g/mol. The summed E-state index contributed by atoms with van der Waals surface area (Å²) >= 11 is 0. The third-order valence-electron chi connectivity index (χ3n) is 3.67. The van der Waals surface area contributed by atoms with Gasteiger partial charge >= 0.3 is 5.97 Å². The summed E-state index contributed by atoms with van der Waals surface area (Å²) in [4.78, 5) is 16.2. The number of carbonyl (C=O) groups is 1. The van der Waals surface area contributed by atoms with Crippen LogP contribution in [0.2, 0.25) is 0 Å². The van der Waals surface area contributed by atoms with E-state index in [0.29, 0.717) is 17.9 Å². The lowest BCUT2D eigenvalue weighted by molar-refractivity contribution is -0.142. The van der Waals surface area contributed by atoms with Gasteiger partial charge < -0.3 is 9.47 Å². The van der Waals surface area contributed by atoms with E-state index in [1.807, 2.05) is 43.3 Å². The topological polar surface area (TPSA) is 65.7 Å². The van der Waals surface area contributed by atoms with Crippen LogP contribution in [0.15, 0.2) is 36.4 Å². The molecule has 0 saturated heterocycles. The van der Waals surface area contributed by atoms with Gasteiger partial charge in [0, 0.05) is 17.3 Å². The molecule has 0 aliphatic carbocycles. The smallest absolute Gasteiger partial charge is 0.311 e. The van der Waals surface area contributed by atoms with Crippen molar-refractivity contribution in [3.05, 3.63) is 47.8 Å². The van der Waals surface area contributed by atoms with E-state index in [-0.39, 0.29) is 12.4 Å². The standard InChI is InChI=1S/C18H19N3O3/c1-4-24-18(22)10-14-9-12(2)21-17(19-14)11-16(20-21)13-5-7-15(23-3)8-6-13/h5-9,11H,4,10H2,1-3H3. The third kappa shape index (κ3) is 3.22. The predicted molar refractivity (Wildman–Crippen MR) is 90.0 cm³/mol. The van der Waals surface area contributed by atoms with E-state index in [9.17, 15) is 4.79 Å². The molecule has 0 N–H and O–H groups in total. The molecule has 0 spiro atoms. The van der Waals surface area contributed by atoms with Gasteiger partial charge in [0.25, 0.3) is 0 Å². The number of methoxy groups -OCH3 is 1. The van der Waals surface area contributed by atoms with Crippen molar-refractivity contribution in [3.63, 3.8) is 0 Å². The highest BCUT2D eigenvalue weighted by Crippen LogP contribution is 2.22. The van der Waals surface area contributed by atoms with Crippen molar-refractivity contribution >= 4 is 11.6 Å². The molecule has 0 aliphatic rings. The highest BCUT2D eigenvalue weighted by molar-refractivity contribution is 5.72. The molecule has 0 bridgehead atoms. The second-order valence-electron chi connectivity index (χ2n) is 5.40. The Labute approximate surface area is 140 Å². The van der Waals surface area contributed by atoms with Gasteiger partial charge in [-0.3, -0.25) is 4.79 Å². The van der Waals surface area contributed by atoms with Crippen LogP contribution in [0.3, 0.4) is 0 Å². The minimum absolute atomic E-state index is 0.161. The lowest BCUT2D eigenvalue weighted by atomic mass is 10.1. The summed E-state index contributed by atoms with van der Waals surface area (Å²) < 4.78 is 11.9. The first-order valence-corrected chi connectivity index (χ1v) is 7.77. The van der Waals surface area contributed by atoms with E-state index in [4.69, 9.17) is 9.47 Å². The highest BCUT2D eigenvalue weighted by atomic mass is 16.5. The van der Waals surface area contributed by atoms with Crippen LogP contribution in [0.25, 0.3) is 16.9 Å². The SMILES string of the molecule is CCOC(=O)Cc1cc(C)n2nc(-c3ccc(OC)cc3)cc2n1. The van der Waals surface area contributed by atoms with Gasteiger partial charge in [0.15, 0.2) is 5.65 Å². The fraction of sp³-hybridized carbons (Fsp3) is 0.278. The Kier molecular flexibility index (Phi) is 4.46. The fourth-order valence-electron chi connectivity index (χ4n) is 2.55. The van der Waals surface area contributed by atoms with Crippen LogP contribution in [-0.2, 0) is 16.0 Å². The van der Waals surface area contributed by atoms with Crippen LogP contribution in [0.5, 0.6) is 5.75 Å². The second-order valence-corrected chi connectivity index (χ2v) is 5.40. The molecular formula is C18H19N3O3. The number of aryl methyl sites for hydroxylation is 1. The summed E-state index contributed by atoms with van der Waals surface area (Å²) in [5.41, 5.74) is 4.10. The lowest BCUT2D eigenvalue weighted by Gasteiger charge is -2.04. The number of rotatable bonds is 5. The quantitative estimate of drug-likeness (QED) is 0.675. The normalized spacial score (nSPS) is 10.8. The Morgan fingerprint density at radius 2 is 1.96 bits per heavy atom. The van der Waals surface area contributed by atoms with Crippen molar-refractivity contribution in [2.75, 3.05) is 13.7 Å². The number of benzene rings is 1. The maximum atomic E-state index is 11.7. The molecule has 0 radical (unpaired) electrons. The molecule has 24 heavy (non-hydrogen) atoms. The predicted octanol–water partition coefficient (Wildman–Crippen LogP) is 2.82. The molecule has 0 unspecified atom stereocenters. The number of carbonyl (C=O) groups excluding carboxylic acids is 1. The summed E-state index contributed by atoms with van der Waals surface area (Å²) in [5, 5.41) is 4.59. The molecular weight excluding hydrogens is 306 g/mol. The van der Waals surface area contributed by atoms with Gasteiger partial charge in [0.2, 0.25) is 0 Å². The summed E-state index contributed by atoms with van der Waals surface area (Å²) in [6.45, 7) is 4.10. The third-order valence-corrected chi connectivity index (χ3v) is 3.67. The molecule has 124 valence electrons. The minimum atomic E-state index is -0.274. The first-order valence-electron chi connectivity index (χ1n) is 7.77. The molecule has 1 aromatic carbocycles. The van der Waals surface area contributed by atoms with Gasteiger partial charge in [-0.1, -0.05) is 0 Å². The van der Waals surface area contributed by atoms with Crippen molar-refractivity contribution in [3.8, 4) is 17.0 Å². The van der Waals surface area contributed by atoms with Crippen LogP contribution < -0.4 is 4.74 Å². The van der Waals surface area contributed by atoms with E-state index < -0.39 is 0 Å².